The van der Waals surface area contributed by atoms with Crippen LogP contribution in [0, 0.1) is 11.6 Å². The number of aryl methyl sites for hydroxylation is 1. The first-order chi connectivity index (χ1) is 20.9. The lowest BCUT2D eigenvalue weighted by Gasteiger charge is -2.29. The summed E-state index contributed by atoms with van der Waals surface area (Å²) in [4.78, 5) is 36.1. The maximum absolute atomic E-state index is 14.7. The largest absolute Gasteiger partial charge is 0.365 e. The van der Waals surface area contributed by atoms with Crippen molar-refractivity contribution in [1.29, 1.82) is 0 Å². The fraction of sp³-hybridized carbons (Fsp3) is 0.258. The van der Waals surface area contributed by atoms with E-state index in [2.05, 4.69) is 25.6 Å². The summed E-state index contributed by atoms with van der Waals surface area (Å²) in [5.41, 5.74) is 2.62. The molecule has 0 radical (unpaired) electrons. The monoisotopic (exact) mass is 581 g/mol. The SMILES string of the molecule is CN1CCCc2cc(ccn2)Nc2cccc(n2)N[C@H]2C[C@@H](C1=O)N(c1nccn3c(-c4ccc(F)cc4F)ncc13)C2. The third-order valence-electron chi connectivity index (χ3n) is 7.96. The number of anilines is 4. The second-order valence-corrected chi connectivity index (χ2v) is 10.9. The van der Waals surface area contributed by atoms with Gasteiger partial charge in [-0.1, -0.05) is 6.07 Å². The van der Waals surface area contributed by atoms with Crippen molar-refractivity contribution in [1.82, 2.24) is 29.2 Å². The lowest BCUT2D eigenvalue weighted by Crippen LogP contribution is -2.45. The average molecular weight is 582 g/mol. The number of likely N-dealkylation sites (N-methyl/N-ethyl adjacent to an activating group) is 1. The molecular weight excluding hydrogens is 552 g/mol. The van der Waals surface area contributed by atoms with Crippen molar-refractivity contribution in [2.45, 2.75) is 31.3 Å². The van der Waals surface area contributed by atoms with Crippen LogP contribution in [-0.2, 0) is 11.2 Å². The van der Waals surface area contributed by atoms with Gasteiger partial charge in [0.1, 0.15) is 40.7 Å². The number of carbonyl (C=O) groups excluding carboxylic acids is 1. The first-order valence-corrected chi connectivity index (χ1v) is 14.2. The molecule has 7 rings (SSSR count). The molecule has 2 aliphatic heterocycles. The molecule has 1 aromatic carbocycles. The molecule has 5 aromatic rings. The van der Waals surface area contributed by atoms with Crippen LogP contribution in [0.15, 0.2) is 73.3 Å². The molecule has 12 heteroatoms. The molecule has 6 heterocycles. The highest BCUT2D eigenvalue weighted by Gasteiger charge is 2.40. The van der Waals surface area contributed by atoms with Gasteiger partial charge in [-0.3, -0.25) is 14.2 Å². The molecule has 0 unspecified atom stereocenters. The zero-order valence-corrected chi connectivity index (χ0v) is 23.4. The quantitative estimate of drug-likeness (QED) is 0.310. The molecule has 2 atom stereocenters. The minimum absolute atomic E-state index is 0.0189. The number of halogens is 2. The Hall–Kier alpha value is -5.13. The molecule has 218 valence electrons. The van der Waals surface area contributed by atoms with Crippen LogP contribution in [0.3, 0.4) is 0 Å². The fourth-order valence-corrected chi connectivity index (χ4v) is 5.91. The van der Waals surface area contributed by atoms with Crippen LogP contribution in [-0.4, -0.2) is 67.4 Å². The Labute approximate surface area is 246 Å². The summed E-state index contributed by atoms with van der Waals surface area (Å²) >= 11 is 0. The summed E-state index contributed by atoms with van der Waals surface area (Å²) in [6.45, 7) is 1.05. The summed E-state index contributed by atoms with van der Waals surface area (Å²) in [7, 11) is 1.82. The van der Waals surface area contributed by atoms with Crippen molar-refractivity contribution in [2.75, 3.05) is 35.7 Å². The maximum Gasteiger partial charge on any atom is 0.245 e. The maximum atomic E-state index is 14.7. The number of rotatable bonds is 2. The standard InChI is InChI=1S/C31H29F2N9O/c1-40-12-3-4-20-15-21(9-10-34-20)37-27-5-2-6-28(39-27)38-22-16-25(31(40)43)42(18-22)30-26-17-36-29(41(26)13-11-35-30)23-8-7-19(32)14-24(23)33/h2,5-11,13-15,17,22,25H,3-4,12,16,18H2,1H3,(H2,37,38,39)/t22-,25-/m0/s1. The molecular formula is C31H29F2N9O. The van der Waals surface area contributed by atoms with E-state index in [4.69, 9.17) is 4.98 Å². The highest BCUT2D eigenvalue weighted by molar-refractivity contribution is 5.88. The van der Waals surface area contributed by atoms with Crippen LogP contribution in [0.5, 0.6) is 0 Å². The summed E-state index contributed by atoms with van der Waals surface area (Å²) in [5, 5.41) is 6.88. The number of pyridine rings is 2. The number of nitrogens with one attached hydrogen (secondary N) is 2. The lowest BCUT2D eigenvalue weighted by atomic mass is 10.1. The van der Waals surface area contributed by atoms with E-state index in [9.17, 15) is 13.6 Å². The van der Waals surface area contributed by atoms with Crippen molar-refractivity contribution in [3.05, 3.63) is 90.6 Å². The van der Waals surface area contributed by atoms with Crippen molar-refractivity contribution >= 4 is 34.6 Å². The highest BCUT2D eigenvalue weighted by atomic mass is 19.1. The van der Waals surface area contributed by atoms with Crippen LogP contribution >= 0.6 is 0 Å². The minimum atomic E-state index is -0.708. The molecule has 0 saturated carbocycles. The van der Waals surface area contributed by atoms with Gasteiger partial charge < -0.3 is 20.4 Å². The molecule has 6 bridgehead atoms. The van der Waals surface area contributed by atoms with Gasteiger partial charge in [0.25, 0.3) is 0 Å². The van der Waals surface area contributed by atoms with Crippen LogP contribution in [0.1, 0.15) is 18.5 Å². The van der Waals surface area contributed by atoms with Crippen molar-refractivity contribution in [3.63, 3.8) is 0 Å². The molecule has 0 aliphatic carbocycles. The zero-order chi connectivity index (χ0) is 29.5. The number of aromatic nitrogens is 5. The van der Waals surface area contributed by atoms with E-state index in [1.54, 1.807) is 34.1 Å². The van der Waals surface area contributed by atoms with E-state index in [0.29, 0.717) is 48.3 Å². The average Bonchev–Trinajstić information content (AvgIpc) is 3.61. The summed E-state index contributed by atoms with van der Waals surface area (Å²) in [6.07, 6.45) is 8.68. The second-order valence-electron chi connectivity index (χ2n) is 10.9. The molecule has 1 fully saturated rings. The molecule has 2 aliphatic rings. The summed E-state index contributed by atoms with van der Waals surface area (Å²) in [5.74, 6) is 0.871. The van der Waals surface area contributed by atoms with E-state index in [0.717, 1.165) is 30.3 Å². The third kappa shape index (κ3) is 5.20. The van der Waals surface area contributed by atoms with Gasteiger partial charge in [-0.05, 0) is 55.7 Å². The summed E-state index contributed by atoms with van der Waals surface area (Å²) in [6, 6.07) is 12.4. The van der Waals surface area contributed by atoms with Gasteiger partial charge in [-0.25, -0.2) is 23.7 Å². The van der Waals surface area contributed by atoms with E-state index in [1.165, 1.54) is 12.1 Å². The van der Waals surface area contributed by atoms with E-state index < -0.39 is 17.7 Å². The zero-order valence-electron chi connectivity index (χ0n) is 23.4. The number of hydrogen-bond acceptors (Lipinski definition) is 8. The second kappa shape index (κ2) is 10.9. The van der Waals surface area contributed by atoms with Crippen LogP contribution in [0.4, 0.5) is 31.9 Å². The number of imidazole rings is 1. The van der Waals surface area contributed by atoms with Gasteiger partial charge in [0.05, 0.1) is 11.8 Å². The normalized spacial score (nSPS) is 18.9. The number of benzene rings is 1. The van der Waals surface area contributed by atoms with E-state index in [1.807, 2.05) is 42.3 Å². The third-order valence-corrected chi connectivity index (χ3v) is 7.96. The highest BCUT2D eigenvalue weighted by Crippen LogP contribution is 2.33. The number of hydrogen-bond donors (Lipinski definition) is 2. The topological polar surface area (TPSA) is 104 Å². The van der Waals surface area contributed by atoms with Gasteiger partial charge in [0.2, 0.25) is 5.91 Å². The minimum Gasteiger partial charge on any atom is -0.365 e. The number of amides is 1. The Bertz CT molecular complexity index is 1830. The molecule has 1 saturated heterocycles. The number of fused-ring (bicyclic) bond motifs is 7. The van der Waals surface area contributed by atoms with Crippen LogP contribution in [0.25, 0.3) is 16.9 Å². The van der Waals surface area contributed by atoms with Crippen LogP contribution in [0.2, 0.25) is 0 Å². The van der Waals surface area contributed by atoms with Gasteiger partial charge in [0, 0.05) is 62.2 Å². The molecule has 43 heavy (non-hydrogen) atoms. The lowest BCUT2D eigenvalue weighted by molar-refractivity contribution is -0.131. The Kier molecular flexibility index (Phi) is 6.80. The van der Waals surface area contributed by atoms with Crippen molar-refractivity contribution in [2.24, 2.45) is 0 Å². The van der Waals surface area contributed by atoms with Gasteiger partial charge >= 0.3 is 0 Å². The van der Waals surface area contributed by atoms with E-state index in [-0.39, 0.29) is 17.5 Å². The number of nitrogens with zero attached hydrogens (tertiary/aromatic N) is 7. The molecule has 1 amide bonds. The Morgan fingerprint density at radius 3 is 2.77 bits per heavy atom. The van der Waals surface area contributed by atoms with Crippen molar-refractivity contribution in [3.8, 4) is 11.4 Å². The molecule has 10 nitrogen and oxygen atoms in total. The smallest absolute Gasteiger partial charge is 0.245 e. The molecule has 4 aromatic heterocycles. The van der Waals surface area contributed by atoms with Gasteiger partial charge in [0.15, 0.2) is 5.82 Å². The first kappa shape index (κ1) is 26.7. The van der Waals surface area contributed by atoms with E-state index >= 15 is 0 Å². The predicted molar refractivity (Wildman–Crippen MR) is 159 cm³/mol. The summed E-state index contributed by atoms with van der Waals surface area (Å²) < 4.78 is 30.0. The van der Waals surface area contributed by atoms with Gasteiger partial charge in [-0.15, -0.1) is 0 Å². The van der Waals surface area contributed by atoms with Crippen LogP contribution < -0.4 is 15.5 Å². The number of carbonyl (C=O) groups is 1. The Morgan fingerprint density at radius 1 is 1.00 bits per heavy atom. The predicted octanol–water partition coefficient (Wildman–Crippen LogP) is 4.67. The Morgan fingerprint density at radius 2 is 1.88 bits per heavy atom. The Balaban J connectivity index is 1.25. The molecule has 0 spiro atoms. The molecule has 2 N–H and O–H groups in total. The van der Waals surface area contributed by atoms with Crippen molar-refractivity contribution < 1.29 is 13.6 Å². The van der Waals surface area contributed by atoms with Gasteiger partial charge in [-0.2, -0.15) is 0 Å². The first-order valence-electron chi connectivity index (χ1n) is 14.2. The fourth-order valence-electron chi connectivity index (χ4n) is 5.91.